The molecule has 2 aromatic heterocycles. The van der Waals surface area contributed by atoms with Crippen molar-refractivity contribution in [2.24, 2.45) is 0 Å². The third-order valence-electron chi connectivity index (χ3n) is 1.97. The molecule has 0 saturated heterocycles. The van der Waals surface area contributed by atoms with Gasteiger partial charge in [-0.05, 0) is 25.1 Å². The van der Waals surface area contributed by atoms with Crippen LogP contribution in [-0.4, -0.2) is 9.61 Å². The largest absolute Gasteiger partial charge is 0.435 e. The zero-order valence-electron chi connectivity index (χ0n) is 7.34. The highest BCUT2D eigenvalue weighted by molar-refractivity contribution is 5.48. The Kier molecular flexibility index (Phi) is 1.77. The lowest BCUT2D eigenvalue weighted by Crippen LogP contribution is -2.06. The van der Waals surface area contributed by atoms with E-state index in [1.54, 1.807) is 25.1 Å². The van der Waals surface area contributed by atoms with Crippen molar-refractivity contribution in [1.82, 2.24) is 9.61 Å². The molecule has 0 atom stereocenters. The Morgan fingerprint density at radius 3 is 2.57 bits per heavy atom. The molecule has 14 heavy (non-hydrogen) atoms. The lowest BCUT2D eigenvalue weighted by atomic mass is 10.3. The normalized spacial score (nSPS) is 12.3. The van der Waals surface area contributed by atoms with Gasteiger partial charge >= 0.3 is 6.18 Å². The monoisotopic (exact) mass is 200 g/mol. The maximum atomic E-state index is 12.3. The summed E-state index contributed by atoms with van der Waals surface area (Å²) in [6.45, 7) is 1.71. The molecular formula is C9H7F3N2. The molecule has 2 aromatic rings. The Labute approximate surface area is 78.0 Å². The fourth-order valence-electron chi connectivity index (χ4n) is 1.29. The first-order valence-corrected chi connectivity index (χ1v) is 4.01. The summed E-state index contributed by atoms with van der Waals surface area (Å²) in [4.78, 5) is 0. The lowest BCUT2D eigenvalue weighted by molar-refractivity contribution is -0.141. The molecule has 2 nitrogen and oxygen atoms in total. The fraction of sp³-hybridized carbons (Fsp3) is 0.222. The van der Waals surface area contributed by atoms with Crippen molar-refractivity contribution in [3.63, 3.8) is 0 Å². The van der Waals surface area contributed by atoms with E-state index in [4.69, 9.17) is 0 Å². The summed E-state index contributed by atoms with van der Waals surface area (Å²) >= 11 is 0. The second-order valence-electron chi connectivity index (χ2n) is 3.03. The molecule has 0 N–H and O–H groups in total. The van der Waals surface area contributed by atoms with Gasteiger partial charge in [0, 0.05) is 5.69 Å². The summed E-state index contributed by atoms with van der Waals surface area (Å²) in [5.74, 6) is 0. The Morgan fingerprint density at radius 1 is 1.29 bits per heavy atom. The summed E-state index contributed by atoms with van der Waals surface area (Å²) in [6.07, 6.45) is -4.38. The van der Waals surface area contributed by atoms with Gasteiger partial charge in [0.15, 0.2) is 5.69 Å². The molecule has 0 aliphatic rings. The molecule has 0 bridgehead atoms. The average molecular weight is 200 g/mol. The number of rotatable bonds is 0. The fourth-order valence-corrected chi connectivity index (χ4v) is 1.29. The Morgan fingerprint density at radius 2 is 2.00 bits per heavy atom. The van der Waals surface area contributed by atoms with Crippen molar-refractivity contribution in [3.05, 3.63) is 35.7 Å². The number of halogens is 3. The van der Waals surface area contributed by atoms with Crippen LogP contribution >= 0.6 is 0 Å². The second-order valence-corrected chi connectivity index (χ2v) is 3.03. The number of nitrogens with zero attached hydrogens (tertiary/aromatic N) is 2. The summed E-state index contributed by atoms with van der Waals surface area (Å²) in [5, 5.41) is 3.48. The Hall–Kier alpha value is -1.52. The van der Waals surface area contributed by atoms with Crippen molar-refractivity contribution < 1.29 is 13.2 Å². The number of fused-ring (bicyclic) bond motifs is 1. The van der Waals surface area contributed by atoms with Crippen LogP contribution in [-0.2, 0) is 6.18 Å². The predicted molar refractivity (Wildman–Crippen MR) is 44.9 cm³/mol. The number of pyridine rings is 1. The van der Waals surface area contributed by atoms with Gasteiger partial charge in [0.1, 0.15) is 0 Å². The minimum Gasteiger partial charge on any atom is -0.238 e. The van der Waals surface area contributed by atoms with E-state index in [1.807, 2.05) is 0 Å². The third-order valence-corrected chi connectivity index (χ3v) is 1.97. The smallest absolute Gasteiger partial charge is 0.238 e. The molecule has 0 unspecified atom stereocenters. The first-order chi connectivity index (χ1) is 6.48. The van der Waals surface area contributed by atoms with Crippen LogP contribution < -0.4 is 0 Å². The molecule has 2 heterocycles. The molecule has 0 fully saturated rings. The van der Waals surface area contributed by atoms with Gasteiger partial charge in [0.25, 0.3) is 0 Å². The van der Waals surface area contributed by atoms with E-state index < -0.39 is 11.9 Å². The molecule has 0 spiro atoms. The van der Waals surface area contributed by atoms with E-state index in [0.717, 1.165) is 6.07 Å². The van der Waals surface area contributed by atoms with Crippen LogP contribution in [0.2, 0.25) is 0 Å². The summed E-state index contributed by atoms with van der Waals surface area (Å²) < 4.78 is 38.1. The molecule has 0 saturated carbocycles. The van der Waals surface area contributed by atoms with Crippen molar-refractivity contribution >= 4 is 5.52 Å². The number of alkyl halides is 3. The topological polar surface area (TPSA) is 17.3 Å². The molecular weight excluding hydrogens is 193 g/mol. The van der Waals surface area contributed by atoms with Crippen molar-refractivity contribution in [1.29, 1.82) is 0 Å². The summed E-state index contributed by atoms with van der Waals surface area (Å²) in [5.41, 5.74) is 0.280. The highest BCUT2D eigenvalue weighted by Gasteiger charge is 2.34. The van der Waals surface area contributed by atoms with E-state index in [2.05, 4.69) is 5.10 Å². The van der Waals surface area contributed by atoms with Crippen LogP contribution in [0.15, 0.2) is 24.3 Å². The van der Waals surface area contributed by atoms with E-state index in [1.165, 1.54) is 4.52 Å². The number of aromatic nitrogens is 2. The number of aryl methyl sites for hydroxylation is 1. The van der Waals surface area contributed by atoms with Crippen LogP contribution in [0, 0.1) is 6.92 Å². The second kappa shape index (κ2) is 2.73. The van der Waals surface area contributed by atoms with Crippen molar-refractivity contribution in [2.75, 3.05) is 0 Å². The zero-order chi connectivity index (χ0) is 10.3. The molecule has 0 radical (unpaired) electrons. The predicted octanol–water partition coefficient (Wildman–Crippen LogP) is 2.66. The highest BCUT2D eigenvalue weighted by atomic mass is 19.4. The maximum absolute atomic E-state index is 12.3. The highest BCUT2D eigenvalue weighted by Crippen LogP contribution is 2.28. The number of hydrogen-bond donors (Lipinski definition) is 0. The standard InChI is InChI=1S/C9H7F3N2/c1-6-3-2-4-7-5-8(9(10,11)12)13-14(6)7/h2-5H,1H3. The zero-order valence-corrected chi connectivity index (χ0v) is 7.34. The molecule has 0 aromatic carbocycles. The SMILES string of the molecule is Cc1cccc2cc(C(F)(F)F)nn12. The van der Waals surface area contributed by atoms with Crippen LogP contribution in [0.25, 0.3) is 5.52 Å². The van der Waals surface area contributed by atoms with Gasteiger partial charge in [-0.1, -0.05) is 6.07 Å². The van der Waals surface area contributed by atoms with Gasteiger partial charge < -0.3 is 0 Å². The third kappa shape index (κ3) is 1.34. The van der Waals surface area contributed by atoms with Crippen LogP contribution in [0.3, 0.4) is 0 Å². The molecule has 0 aliphatic heterocycles. The van der Waals surface area contributed by atoms with E-state index >= 15 is 0 Å². The van der Waals surface area contributed by atoms with Crippen LogP contribution in [0.5, 0.6) is 0 Å². The van der Waals surface area contributed by atoms with E-state index in [9.17, 15) is 13.2 Å². The minimum atomic E-state index is -4.38. The first-order valence-electron chi connectivity index (χ1n) is 4.01. The van der Waals surface area contributed by atoms with E-state index in [-0.39, 0.29) is 0 Å². The van der Waals surface area contributed by atoms with Crippen molar-refractivity contribution in [2.45, 2.75) is 13.1 Å². The van der Waals surface area contributed by atoms with Crippen LogP contribution in [0.1, 0.15) is 11.4 Å². The Bertz CT molecular complexity index is 470. The molecule has 74 valence electrons. The van der Waals surface area contributed by atoms with Gasteiger partial charge in [-0.2, -0.15) is 18.3 Å². The van der Waals surface area contributed by atoms with Gasteiger partial charge in [-0.15, -0.1) is 0 Å². The summed E-state index contributed by atoms with van der Waals surface area (Å²) in [6, 6.07) is 6.04. The van der Waals surface area contributed by atoms with E-state index in [0.29, 0.717) is 11.2 Å². The quantitative estimate of drug-likeness (QED) is 0.639. The minimum absolute atomic E-state index is 0.456. The van der Waals surface area contributed by atoms with Crippen LogP contribution in [0.4, 0.5) is 13.2 Å². The molecule has 5 heteroatoms. The lowest BCUT2D eigenvalue weighted by Gasteiger charge is -1.99. The first kappa shape index (κ1) is 9.05. The molecule has 2 rings (SSSR count). The average Bonchev–Trinajstić information content (AvgIpc) is 2.48. The maximum Gasteiger partial charge on any atom is 0.435 e. The molecule has 0 aliphatic carbocycles. The van der Waals surface area contributed by atoms with Gasteiger partial charge in [0.05, 0.1) is 5.52 Å². The van der Waals surface area contributed by atoms with Crippen molar-refractivity contribution in [3.8, 4) is 0 Å². The molecule has 0 amide bonds. The van der Waals surface area contributed by atoms with Gasteiger partial charge in [0.2, 0.25) is 0 Å². The number of hydrogen-bond acceptors (Lipinski definition) is 1. The Balaban J connectivity index is 2.69. The van der Waals surface area contributed by atoms with Gasteiger partial charge in [-0.25, -0.2) is 4.52 Å². The van der Waals surface area contributed by atoms with Gasteiger partial charge in [-0.3, -0.25) is 0 Å². The summed E-state index contributed by atoms with van der Waals surface area (Å²) in [7, 11) is 0.